The highest BCUT2D eigenvalue weighted by atomic mass is 16.5. The topological polar surface area (TPSA) is 87.2 Å². The van der Waals surface area contributed by atoms with E-state index in [2.05, 4.69) is 0 Å². The summed E-state index contributed by atoms with van der Waals surface area (Å²) < 4.78 is 5.57. The molecular formula is C18H24N2O5. The van der Waals surface area contributed by atoms with Crippen LogP contribution in [0.2, 0.25) is 0 Å². The van der Waals surface area contributed by atoms with Gasteiger partial charge in [-0.05, 0) is 25.5 Å². The van der Waals surface area contributed by atoms with Crippen molar-refractivity contribution < 1.29 is 24.2 Å². The maximum Gasteiger partial charge on any atom is 0.303 e. The normalized spacial score (nSPS) is 16.8. The summed E-state index contributed by atoms with van der Waals surface area (Å²) in [4.78, 5) is 38.6. The standard InChI is InChI=1S/C18H24N2O5/c1-3-25-15-8-5-4-7-14(15)20-12-13(11-16(20)21)18(24)19(2)10-6-9-17(22)23/h4-5,7-8,13H,3,6,9-12H2,1-2H3,(H,22,23). The van der Waals surface area contributed by atoms with E-state index in [4.69, 9.17) is 9.84 Å². The van der Waals surface area contributed by atoms with Crippen molar-refractivity contribution in [3.8, 4) is 5.75 Å². The van der Waals surface area contributed by atoms with Crippen LogP contribution >= 0.6 is 0 Å². The number of aliphatic carboxylic acids is 1. The predicted octanol–water partition coefficient (Wildman–Crippen LogP) is 1.76. The van der Waals surface area contributed by atoms with Crippen molar-refractivity contribution in [2.45, 2.75) is 26.2 Å². The van der Waals surface area contributed by atoms with Crippen molar-refractivity contribution >= 4 is 23.5 Å². The minimum Gasteiger partial charge on any atom is -0.492 e. The fourth-order valence-electron chi connectivity index (χ4n) is 2.95. The highest BCUT2D eigenvalue weighted by molar-refractivity contribution is 6.01. The van der Waals surface area contributed by atoms with E-state index in [1.54, 1.807) is 18.0 Å². The maximum atomic E-state index is 12.5. The van der Waals surface area contributed by atoms with Crippen molar-refractivity contribution in [2.75, 3.05) is 31.6 Å². The van der Waals surface area contributed by atoms with Gasteiger partial charge in [0.25, 0.3) is 0 Å². The van der Waals surface area contributed by atoms with Gasteiger partial charge in [-0.15, -0.1) is 0 Å². The van der Waals surface area contributed by atoms with E-state index in [1.807, 2.05) is 25.1 Å². The third-order valence-electron chi connectivity index (χ3n) is 4.19. The second-order valence-corrected chi connectivity index (χ2v) is 6.06. The predicted molar refractivity (Wildman–Crippen MR) is 92.6 cm³/mol. The van der Waals surface area contributed by atoms with Gasteiger partial charge < -0.3 is 19.6 Å². The SMILES string of the molecule is CCOc1ccccc1N1CC(C(=O)N(C)CCCC(=O)O)CC1=O. The van der Waals surface area contributed by atoms with Crippen LogP contribution in [0.15, 0.2) is 24.3 Å². The monoisotopic (exact) mass is 348 g/mol. The molecule has 1 atom stereocenters. The second kappa shape index (κ2) is 8.50. The van der Waals surface area contributed by atoms with Crippen molar-refractivity contribution in [1.29, 1.82) is 0 Å². The molecule has 1 aromatic rings. The largest absolute Gasteiger partial charge is 0.492 e. The zero-order valence-corrected chi connectivity index (χ0v) is 14.6. The number of carboxylic acid groups (broad SMARTS) is 1. The molecule has 1 fully saturated rings. The van der Waals surface area contributed by atoms with E-state index in [0.717, 1.165) is 0 Å². The Kier molecular flexibility index (Phi) is 6.38. The lowest BCUT2D eigenvalue weighted by atomic mass is 10.1. The van der Waals surface area contributed by atoms with Crippen LogP contribution in [0.1, 0.15) is 26.2 Å². The van der Waals surface area contributed by atoms with Crippen LogP contribution in [0.3, 0.4) is 0 Å². The van der Waals surface area contributed by atoms with Crippen LogP contribution in [-0.2, 0) is 14.4 Å². The number of hydrogen-bond acceptors (Lipinski definition) is 4. The van der Waals surface area contributed by atoms with Crippen LogP contribution in [0.4, 0.5) is 5.69 Å². The molecule has 2 amide bonds. The van der Waals surface area contributed by atoms with Gasteiger partial charge >= 0.3 is 5.97 Å². The van der Waals surface area contributed by atoms with Gasteiger partial charge in [-0.1, -0.05) is 12.1 Å². The Labute approximate surface area is 147 Å². The molecule has 2 rings (SSSR count). The Bertz CT molecular complexity index is 646. The fourth-order valence-corrected chi connectivity index (χ4v) is 2.95. The zero-order valence-electron chi connectivity index (χ0n) is 14.6. The van der Waals surface area contributed by atoms with Crippen LogP contribution in [-0.4, -0.2) is 54.5 Å². The maximum absolute atomic E-state index is 12.5. The molecule has 25 heavy (non-hydrogen) atoms. The average Bonchev–Trinajstić information content (AvgIpc) is 2.96. The molecule has 1 unspecified atom stereocenters. The van der Waals surface area contributed by atoms with Gasteiger partial charge in [0, 0.05) is 33.0 Å². The number of amides is 2. The minimum absolute atomic E-state index is 0.0229. The molecular weight excluding hydrogens is 324 g/mol. The van der Waals surface area contributed by atoms with E-state index in [1.165, 1.54) is 4.90 Å². The summed E-state index contributed by atoms with van der Waals surface area (Å²) in [5.74, 6) is -0.909. The van der Waals surface area contributed by atoms with Crippen LogP contribution in [0, 0.1) is 5.92 Å². The molecule has 1 aliphatic rings. The molecule has 0 aliphatic carbocycles. The Hall–Kier alpha value is -2.57. The lowest BCUT2D eigenvalue weighted by Gasteiger charge is -2.22. The van der Waals surface area contributed by atoms with Gasteiger partial charge in [0.15, 0.2) is 0 Å². The molecule has 0 aromatic heterocycles. The van der Waals surface area contributed by atoms with Gasteiger partial charge in [-0.3, -0.25) is 14.4 Å². The van der Waals surface area contributed by atoms with E-state index in [-0.39, 0.29) is 24.7 Å². The Balaban J connectivity index is 2.02. The molecule has 1 aromatic carbocycles. The molecule has 0 radical (unpaired) electrons. The third kappa shape index (κ3) is 4.71. The summed E-state index contributed by atoms with van der Waals surface area (Å²) in [6.07, 6.45) is 0.576. The lowest BCUT2D eigenvalue weighted by Crippen LogP contribution is -2.35. The zero-order chi connectivity index (χ0) is 18.4. The molecule has 7 nitrogen and oxygen atoms in total. The Morgan fingerprint density at radius 1 is 1.36 bits per heavy atom. The first kappa shape index (κ1) is 18.8. The molecule has 1 N–H and O–H groups in total. The molecule has 1 saturated heterocycles. The van der Waals surface area contributed by atoms with Gasteiger partial charge in [0.1, 0.15) is 5.75 Å². The first-order valence-electron chi connectivity index (χ1n) is 8.43. The highest BCUT2D eigenvalue weighted by Crippen LogP contribution is 2.33. The third-order valence-corrected chi connectivity index (χ3v) is 4.19. The molecule has 0 spiro atoms. The van der Waals surface area contributed by atoms with Crippen LogP contribution in [0.25, 0.3) is 0 Å². The second-order valence-electron chi connectivity index (χ2n) is 6.06. The summed E-state index contributed by atoms with van der Waals surface area (Å²) >= 11 is 0. The number of carbonyl (C=O) groups excluding carboxylic acids is 2. The van der Waals surface area contributed by atoms with E-state index >= 15 is 0 Å². The van der Waals surface area contributed by atoms with Crippen molar-refractivity contribution in [2.24, 2.45) is 5.92 Å². The molecule has 0 saturated carbocycles. The number of ether oxygens (including phenoxy) is 1. The minimum atomic E-state index is -0.879. The summed E-state index contributed by atoms with van der Waals surface area (Å²) in [5.41, 5.74) is 0.679. The number of carbonyl (C=O) groups is 3. The highest BCUT2D eigenvalue weighted by Gasteiger charge is 2.37. The fraction of sp³-hybridized carbons (Fsp3) is 0.500. The smallest absolute Gasteiger partial charge is 0.303 e. The number of hydrogen-bond donors (Lipinski definition) is 1. The van der Waals surface area contributed by atoms with Crippen LogP contribution < -0.4 is 9.64 Å². The summed E-state index contributed by atoms with van der Waals surface area (Å²) in [6, 6.07) is 7.29. The number of nitrogens with zero attached hydrogens (tertiary/aromatic N) is 2. The van der Waals surface area contributed by atoms with E-state index in [0.29, 0.717) is 37.6 Å². The van der Waals surface area contributed by atoms with Gasteiger partial charge in [0.2, 0.25) is 11.8 Å². The molecule has 136 valence electrons. The number of rotatable bonds is 8. The first-order valence-corrected chi connectivity index (χ1v) is 8.43. The Morgan fingerprint density at radius 3 is 2.76 bits per heavy atom. The molecule has 0 bridgehead atoms. The first-order chi connectivity index (χ1) is 11.9. The molecule has 1 aliphatic heterocycles. The number of benzene rings is 1. The van der Waals surface area contributed by atoms with Crippen LogP contribution in [0.5, 0.6) is 5.75 Å². The quantitative estimate of drug-likeness (QED) is 0.773. The van der Waals surface area contributed by atoms with Crippen molar-refractivity contribution in [1.82, 2.24) is 4.90 Å². The summed E-state index contributed by atoms with van der Waals surface area (Å²) in [5, 5.41) is 8.68. The van der Waals surface area contributed by atoms with Crippen molar-refractivity contribution in [3.05, 3.63) is 24.3 Å². The van der Waals surface area contributed by atoms with E-state index in [9.17, 15) is 14.4 Å². The number of carboxylic acids is 1. The molecule has 1 heterocycles. The van der Waals surface area contributed by atoms with Crippen molar-refractivity contribution in [3.63, 3.8) is 0 Å². The van der Waals surface area contributed by atoms with E-state index < -0.39 is 11.9 Å². The van der Waals surface area contributed by atoms with Gasteiger partial charge in [-0.25, -0.2) is 0 Å². The number of anilines is 1. The van der Waals surface area contributed by atoms with Gasteiger partial charge in [-0.2, -0.15) is 0 Å². The summed E-state index contributed by atoms with van der Waals surface area (Å²) in [7, 11) is 1.64. The molecule has 7 heteroatoms. The van der Waals surface area contributed by atoms with Gasteiger partial charge in [0.05, 0.1) is 18.2 Å². The average molecular weight is 348 g/mol. The number of para-hydroxylation sites is 2. The lowest BCUT2D eigenvalue weighted by molar-refractivity contribution is -0.138. The Morgan fingerprint density at radius 2 is 2.08 bits per heavy atom. The summed E-state index contributed by atoms with van der Waals surface area (Å²) in [6.45, 7) is 3.05.